The highest BCUT2D eigenvalue weighted by Gasteiger charge is 2.21. The maximum atomic E-state index is 12.3. The van der Waals surface area contributed by atoms with Crippen LogP contribution >= 0.6 is 34.8 Å². The van der Waals surface area contributed by atoms with Gasteiger partial charge in [-0.15, -0.1) is 0 Å². The third-order valence-corrected chi connectivity index (χ3v) is 4.89. The molecule has 6 nitrogen and oxygen atoms in total. The van der Waals surface area contributed by atoms with Gasteiger partial charge in [-0.1, -0.05) is 34.8 Å². The van der Waals surface area contributed by atoms with Crippen LogP contribution in [0.15, 0.2) is 29.4 Å². The topological polar surface area (TPSA) is 95.7 Å². The standard InChI is InChI=1S/C11H5Cl3N4O2S/c12-7-2-1-6(4-15)3-8(7)21(19,20)18-11-9(13)10(14)16-5-17-11/h1-3,5H,(H,16,17,18). The van der Waals surface area contributed by atoms with E-state index in [1.165, 1.54) is 12.1 Å². The van der Waals surface area contributed by atoms with Crippen molar-refractivity contribution in [2.75, 3.05) is 4.72 Å². The number of hydrogen-bond acceptors (Lipinski definition) is 5. The molecule has 0 saturated heterocycles. The Labute approximate surface area is 135 Å². The molecule has 10 heteroatoms. The molecule has 2 aromatic rings. The Morgan fingerprint density at radius 2 is 1.90 bits per heavy atom. The molecule has 0 radical (unpaired) electrons. The largest absolute Gasteiger partial charge is 0.264 e. The summed E-state index contributed by atoms with van der Waals surface area (Å²) in [4.78, 5) is 7.03. The lowest BCUT2D eigenvalue weighted by Crippen LogP contribution is -2.15. The second-order valence-electron chi connectivity index (χ2n) is 3.69. The van der Waals surface area contributed by atoms with Crippen LogP contribution in [-0.2, 0) is 10.0 Å². The summed E-state index contributed by atoms with van der Waals surface area (Å²) in [5.74, 6) is -0.185. The van der Waals surface area contributed by atoms with Crippen LogP contribution in [0.3, 0.4) is 0 Å². The van der Waals surface area contributed by atoms with Gasteiger partial charge >= 0.3 is 0 Å². The molecule has 0 spiro atoms. The van der Waals surface area contributed by atoms with Crippen molar-refractivity contribution in [2.45, 2.75) is 4.90 Å². The molecule has 0 aliphatic heterocycles. The second kappa shape index (κ2) is 6.03. The molecule has 0 bridgehead atoms. The number of benzene rings is 1. The number of nitriles is 1. The van der Waals surface area contributed by atoms with E-state index in [0.717, 1.165) is 12.4 Å². The van der Waals surface area contributed by atoms with Crippen LogP contribution in [0.4, 0.5) is 5.82 Å². The second-order valence-corrected chi connectivity index (χ2v) is 6.48. The minimum Gasteiger partial charge on any atom is -0.262 e. The van der Waals surface area contributed by atoms with E-state index in [-0.39, 0.29) is 31.5 Å². The van der Waals surface area contributed by atoms with Gasteiger partial charge in [0.15, 0.2) is 11.0 Å². The van der Waals surface area contributed by atoms with Gasteiger partial charge in [0.1, 0.15) is 16.2 Å². The minimum absolute atomic E-state index is 0.0437. The fraction of sp³-hybridized carbons (Fsp3) is 0. The number of halogens is 3. The molecule has 108 valence electrons. The highest BCUT2D eigenvalue weighted by Crippen LogP contribution is 2.29. The van der Waals surface area contributed by atoms with Crippen LogP contribution < -0.4 is 4.72 Å². The monoisotopic (exact) mass is 362 g/mol. The van der Waals surface area contributed by atoms with Crippen LogP contribution in [0, 0.1) is 11.3 Å². The van der Waals surface area contributed by atoms with Gasteiger partial charge in [0, 0.05) is 0 Å². The van der Waals surface area contributed by atoms with Crippen LogP contribution in [0.25, 0.3) is 0 Å². The Kier molecular flexibility index (Phi) is 4.54. The van der Waals surface area contributed by atoms with Crippen LogP contribution in [0.2, 0.25) is 15.2 Å². The molecule has 1 aromatic heterocycles. The molecule has 0 amide bonds. The van der Waals surface area contributed by atoms with Crippen molar-refractivity contribution < 1.29 is 8.42 Å². The van der Waals surface area contributed by atoms with Crippen LogP contribution in [0.5, 0.6) is 0 Å². The Morgan fingerprint density at radius 1 is 1.19 bits per heavy atom. The van der Waals surface area contributed by atoms with Crippen molar-refractivity contribution in [1.29, 1.82) is 5.26 Å². The smallest absolute Gasteiger partial charge is 0.262 e. The lowest BCUT2D eigenvalue weighted by Gasteiger charge is -2.10. The zero-order valence-electron chi connectivity index (χ0n) is 10.0. The summed E-state index contributed by atoms with van der Waals surface area (Å²) in [6.45, 7) is 0. The molecule has 0 aliphatic rings. The Hall–Kier alpha value is -1.59. The number of hydrogen-bond donors (Lipinski definition) is 1. The first-order chi connectivity index (χ1) is 9.85. The van der Waals surface area contributed by atoms with Crippen molar-refractivity contribution in [1.82, 2.24) is 9.97 Å². The predicted molar refractivity (Wildman–Crippen MR) is 79.0 cm³/mol. The average Bonchev–Trinajstić information content (AvgIpc) is 2.44. The SMILES string of the molecule is N#Cc1ccc(Cl)c(S(=O)(=O)Nc2ncnc(Cl)c2Cl)c1. The Morgan fingerprint density at radius 3 is 2.57 bits per heavy atom. The summed E-state index contributed by atoms with van der Waals surface area (Å²) in [5.41, 5.74) is 0.145. The van der Waals surface area contributed by atoms with E-state index in [4.69, 9.17) is 40.1 Å². The van der Waals surface area contributed by atoms with Crippen molar-refractivity contribution in [2.24, 2.45) is 0 Å². The fourth-order valence-corrected chi connectivity index (χ4v) is 3.26. The lowest BCUT2D eigenvalue weighted by atomic mass is 10.2. The molecule has 1 N–H and O–H groups in total. The normalized spacial score (nSPS) is 11.0. The molecule has 1 heterocycles. The molecular formula is C11H5Cl3N4O2S. The summed E-state index contributed by atoms with van der Waals surface area (Å²) in [6.07, 6.45) is 1.05. The number of nitrogens with one attached hydrogen (secondary N) is 1. The molecule has 2 rings (SSSR count). The maximum Gasteiger partial charge on any atom is 0.264 e. The first kappa shape index (κ1) is 15.8. The van der Waals surface area contributed by atoms with E-state index in [9.17, 15) is 8.42 Å². The number of sulfonamides is 1. The number of aromatic nitrogens is 2. The summed E-state index contributed by atoms with van der Waals surface area (Å²) in [6, 6.07) is 5.68. The summed E-state index contributed by atoms with van der Waals surface area (Å²) in [5, 5.41) is 8.54. The van der Waals surface area contributed by atoms with Crippen molar-refractivity contribution in [3.63, 3.8) is 0 Å². The maximum absolute atomic E-state index is 12.3. The molecular weight excluding hydrogens is 359 g/mol. The average molecular weight is 364 g/mol. The highest BCUT2D eigenvalue weighted by atomic mass is 35.5. The third-order valence-electron chi connectivity index (χ3n) is 2.33. The van der Waals surface area contributed by atoms with Gasteiger partial charge in [-0.3, -0.25) is 4.72 Å². The van der Waals surface area contributed by atoms with Gasteiger partial charge in [0.2, 0.25) is 0 Å². The number of rotatable bonds is 3. The summed E-state index contributed by atoms with van der Waals surface area (Å²) in [7, 11) is -4.08. The third kappa shape index (κ3) is 3.36. The van der Waals surface area contributed by atoms with Crippen LogP contribution in [-0.4, -0.2) is 18.4 Å². The first-order valence-electron chi connectivity index (χ1n) is 5.23. The van der Waals surface area contributed by atoms with Gasteiger partial charge in [-0.25, -0.2) is 18.4 Å². The van der Waals surface area contributed by atoms with Gasteiger partial charge < -0.3 is 0 Å². The zero-order valence-corrected chi connectivity index (χ0v) is 13.1. The van der Waals surface area contributed by atoms with Crippen molar-refractivity contribution in [3.8, 4) is 6.07 Å². The van der Waals surface area contributed by atoms with Crippen molar-refractivity contribution >= 4 is 50.6 Å². The van der Waals surface area contributed by atoms with E-state index >= 15 is 0 Å². The fourth-order valence-electron chi connectivity index (χ4n) is 1.38. The van der Waals surface area contributed by atoms with E-state index < -0.39 is 10.0 Å². The molecule has 0 fully saturated rings. The molecule has 0 unspecified atom stereocenters. The Balaban J connectivity index is 2.49. The van der Waals surface area contributed by atoms with Gasteiger partial charge in [0.25, 0.3) is 10.0 Å². The zero-order chi connectivity index (χ0) is 15.6. The molecule has 0 atom stereocenters. The van der Waals surface area contributed by atoms with Crippen molar-refractivity contribution in [3.05, 3.63) is 45.3 Å². The van der Waals surface area contributed by atoms with E-state index in [2.05, 4.69) is 14.7 Å². The minimum atomic E-state index is -4.08. The van der Waals surface area contributed by atoms with E-state index in [1.807, 2.05) is 6.07 Å². The van der Waals surface area contributed by atoms with Crippen LogP contribution in [0.1, 0.15) is 5.56 Å². The summed E-state index contributed by atoms with van der Waals surface area (Å²) < 4.78 is 26.7. The van der Waals surface area contributed by atoms with Gasteiger partial charge in [0.05, 0.1) is 16.7 Å². The molecule has 1 aromatic carbocycles. The highest BCUT2D eigenvalue weighted by molar-refractivity contribution is 7.92. The molecule has 0 aliphatic carbocycles. The number of anilines is 1. The van der Waals surface area contributed by atoms with Gasteiger partial charge in [-0.2, -0.15) is 5.26 Å². The van der Waals surface area contributed by atoms with Gasteiger partial charge in [-0.05, 0) is 18.2 Å². The van der Waals surface area contributed by atoms with E-state index in [0.29, 0.717) is 0 Å². The molecule has 21 heavy (non-hydrogen) atoms. The lowest BCUT2D eigenvalue weighted by molar-refractivity contribution is 0.601. The first-order valence-corrected chi connectivity index (χ1v) is 7.85. The van der Waals surface area contributed by atoms with E-state index in [1.54, 1.807) is 0 Å². The molecule has 0 saturated carbocycles. The predicted octanol–water partition coefficient (Wildman–Crippen LogP) is 3.11. The summed E-state index contributed by atoms with van der Waals surface area (Å²) >= 11 is 17.4. The quantitative estimate of drug-likeness (QED) is 0.845. The number of nitrogens with zero attached hydrogens (tertiary/aromatic N) is 3. The Bertz CT molecular complexity index is 849.